The number of benzene rings is 1. The van der Waals surface area contributed by atoms with Gasteiger partial charge in [-0.1, -0.05) is 43.2 Å². The van der Waals surface area contributed by atoms with Crippen LogP contribution in [0.25, 0.3) is 0 Å². The van der Waals surface area contributed by atoms with E-state index in [4.69, 9.17) is 4.74 Å². The van der Waals surface area contributed by atoms with Crippen molar-refractivity contribution in [3.8, 4) is 0 Å². The van der Waals surface area contributed by atoms with Crippen molar-refractivity contribution >= 4 is 35.8 Å². The number of aliphatic imine (C=N–C) groups is 1. The van der Waals surface area contributed by atoms with Crippen molar-refractivity contribution in [3.05, 3.63) is 35.9 Å². The van der Waals surface area contributed by atoms with Crippen LogP contribution >= 0.6 is 24.0 Å². The minimum Gasteiger partial charge on any atom is -0.381 e. The predicted octanol–water partition coefficient (Wildman–Crippen LogP) is 3.32. The maximum Gasteiger partial charge on any atom is 0.230 e. The number of rotatable bonds is 8. The van der Waals surface area contributed by atoms with Crippen LogP contribution in [-0.4, -0.2) is 69.8 Å². The van der Waals surface area contributed by atoms with E-state index in [0.29, 0.717) is 6.54 Å². The summed E-state index contributed by atoms with van der Waals surface area (Å²) >= 11 is 0. The van der Waals surface area contributed by atoms with Gasteiger partial charge in [0, 0.05) is 59.0 Å². The van der Waals surface area contributed by atoms with Crippen molar-refractivity contribution in [1.82, 2.24) is 20.9 Å². The summed E-state index contributed by atoms with van der Waals surface area (Å²) in [5, 5.41) is 10.9. The predicted molar refractivity (Wildman–Crippen MR) is 145 cm³/mol. The molecule has 7 nitrogen and oxygen atoms in total. The number of hydrogen-bond donors (Lipinski definition) is 3. The molecule has 2 fully saturated rings. The first-order chi connectivity index (χ1) is 15.4. The Balaban J connectivity index is 0.00000385. The largest absolute Gasteiger partial charge is 0.381 e. The van der Waals surface area contributed by atoms with Gasteiger partial charge in [0.25, 0.3) is 0 Å². The zero-order valence-electron chi connectivity index (χ0n) is 20.7. The molecule has 1 unspecified atom stereocenters. The van der Waals surface area contributed by atoms with E-state index in [9.17, 15) is 4.79 Å². The number of hydrogen-bond acceptors (Lipinski definition) is 4. The third-order valence-electron chi connectivity index (χ3n) is 7.10. The first kappa shape index (κ1) is 27.9. The molecule has 1 saturated heterocycles. The van der Waals surface area contributed by atoms with Crippen molar-refractivity contribution in [2.45, 2.75) is 57.0 Å². The number of guanidine groups is 1. The molecular formula is C25H42IN5O2. The average molecular weight is 572 g/mol. The minimum atomic E-state index is -0.322. The summed E-state index contributed by atoms with van der Waals surface area (Å²) in [6.07, 6.45) is 5.97. The summed E-state index contributed by atoms with van der Waals surface area (Å²) in [5.74, 6) is 0.972. The van der Waals surface area contributed by atoms with Crippen LogP contribution in [0.2, 0.25) is 0 Å². The molecule has 8 heteroatoms. The lowest BCUT2D eigenvalue weighted by molar-refractivity contribution is -0.138. The van der Waals surface area contributed by atoms with E-state index < -0.39 is 0 Å². The van der Waals surface area contributed by atoms with Crippen molar-refractivity contribution in [1.29, 1.82) is 0 Å². The van der Waals surface area contributed by atoms with Crippen molar-refractivity contribution < 1.29 is 9.53 Å². The van der Waals surface area contributed by atoms with E-state index in [0.717, 1.165) is 64.2 Å². The second-order valence-electron chi connectivity index (χ2n) is 9.64. The fourth-order valence-electron chi connectivity index (χ4n) is 5.14. The van der Waals surface area contributed by atoms with Gasteiger partial charge in [-0.25, -0.2) is 0 Å². The van der Waals surface area contributed by atoms with Crippen LogP contribution in [0.15, 0.2) is 35.3 Å². The lowest BCUT2D eigenvalue weighted by Crippen LogP contribution is -2.59. The summed E-state index contributed by atoms with van der Waals surface area (Å²) < 4.78 is 5.67. The topological polar surface area (TPSA) is 78.0 Å². The number of ether oxygens (including phenoxy) is 1. The Hall–Kier alpha value is -1.39. The van der Waals surface area contributed by atoms with Gasteiger partial charge in [0.15, 0.2) is 5.96 Å². The molecule has 0 aromatic heterocycles. The van der Waals surface area contributed by atoms with Gasteiger partial charge in [0.1, 0.15) is 0 Å². The Kier molecular flexibility index (Phi) is 10.9. The molecule has 1 saturated carbocycles. The van der Waals surface area contributed by atoms with Crippen molar-refractivity contribution in [2.24, 2.45) is 10.4 Å². The summed E-state index contributed by atoms with van der Waals surface area (Å²) in [4.78, 5) is 19.1. The van der Waals surface area contributed by atoms with Gasteiger partial charge in [-0.3, -0.25) is 9.79 Å². The lowest BCUT2D eigenvalue weighted by atomic mass is 9.84. The molecule has 3 N–H and O–H groups in total. The maximum absolute atomic E-state index is 12.9. The van der Waals surface area contributed by atoms with Crippen LogP contribution in [0, 0.1) is 5.41 Å². The molecule has 2 aliphatic rings. The SMILES string of the molecule is CN=C(NCC1(NC(C)c2ccccc2)CCOCC1)NCC1(C(=O)N(C)C)CCCC1.I. The molecule has 186 valence electrons. The number of nitrogens with zero attached hydrogens (tertiary/aromatic N) is 2. The first-order valence-electron chi connectivity index (χ1n) is 12.0. The highest BCUT2D eigenvalue weighted by Gasteiger charge is 2.42. The Bertz CT molecular complexity index is 759. The molecule has 1 aromatic carbocycles. The van der Waals surface area contributed by atoms with Crippen LogP contribution in [-0.2, 0) is 9.53 Å². The summed E-state index contributed by atoms with van der Waals surface area (Å²) in [6.45, 7) is 5.09. The molecule has 1 atom stereocenters. The lowest BCUT2D eigenvalue weighted by Gasteiger charge is -2.41. The van der Waals surface area contributed by atoms with Crippen LogP contribution in [0.3, 0.4) is 0 Å². The number of carbonyl (C=O) groups is 1. The molecule has 33 heavy (non-hydrogen) atoms. The Morgan fingerprint density at radius 2 is 1.67 bits per heavy atom. The van der Waals surface area contributed by atoms with Gasteiger partial charge < -0.3 is 25.6 Å². The second kappa shape index (κ2) is 12.9. The Labute approximate surface area is 216 Å². The van der Waals surface area contributed by atoms with Crippen LogP contribution in [0.1, 0.15) is 57.1 Å². The van der Waals surface area contributed by atoms with Gasteiger partial charge in [-0.15, -0.1) is 24.0 Å². The Morgan fingerprint density at radius 1 is 1.06 bits per heavy atom. The maximum atomic E-state index is 12.9. The number of amides is 1. The number of carbonyl (C=O) groups excluding carboxylic acids is 1. The third-order valence-corrected chi connectivity index (χ3v) is 7.10. The van der Waals surface area contributed by atoms with Gasteiger partial charge >= 0.3 is 0 Å². The van der Waals surface area contributed by atoms with Crippen molar-refractivity contribution in [2.75, 3.05) is 47.4 Å². The van der Waals surface area contributed by atoms with E-state index in [-0.39, 0.29) is 46.9 Å². The fraction of sp³-hybridized carbons (Fsp3) is 0.680. The zero-order valence-corrected chi connectivity index (χ0v) is 23.0. The highest BCUT2D eigenvalue weighted by atomic mass is 127. The zero-order chi connectivity index (χ0) is 23.0. The molecule has 1 aliphatic heterocycles. The number of nitrogens with one attached hydrogen (secondary N) is 3. The molecule has 1 aromatic rings. The van der Waals surface area contributed by atoms with E-state index in [1.807, 2.05) is 14.1 Å². The van der Waals surface area contributed by atoms with Gasteiger partial charge in [-0.2, -0.15) is 0 Å². The summed E-state index contributed by atoms with van der Waals surface area (Å²) in [7, 11) is 5.50. The molecule has 1 aliphatic carbocycles. The standard InChI is InChI=1S/C25H41N5O2.HI/c1-20(21-10-6-5-7-11-21)29-25(14-16-32-17-15-25)19-28-23(26-2)27-18-24(12-8-9-13-24)22(31)30(3)4;/h5-7,10-11,20,29H,8-9,12-19H2,1-4H3,(H2,26,27,28);1H. The normalized spacial score (nSPS) is 20.4. The summed E-state index contributed by atoms with van der Waals surface area (Å²) in [5.41, 5.74) is 0.888. The third kappa shape index (κ3) is 7.29. The van der Waals surface area contributed by atoms with Gasteiger partial charge in [-0.05, 0) is 38.2 Å². The molecule has 0 radical (unpaired) electrons. The molecular weight excluding hydrogens is 529 g/mol. The van der Waals surface area contributed by atoms with E-state index in [1.165, 1.54) is 5.56 Å². The minimum absolute atomic E-state index is 0. The number of halogens is 1. The fourth-order valence-corrected chi connectivity index (χ4v) is 5.14. The van der Waals surface area contributed by atoms with E-state index in [2.05, 4.69) is 58.2 Å². The monoisotopic (exact) mass is 571 g/mol. The summed E-state index contributed by atoms with van der Waals surface area (Å²) in [6, 6.07) is 10.8. The van der Waals surface area contributed by atoms with Crippen LogP contribution in [0.5, 0.6) is 0 Å². The van der Waals surface area contributed by atoms with Gasteiger partial charge in [0.05, 0.1) is 5.41 Å². The van der Waals surface area contributed by atoms with Gasteiger partial charge in [0.2, 0.25) is 5.91 Å². The smallest absolute Gasteiger partial charge is 0.230 e. The molecule has 1 amide bonds. The van der Waals surface area contributed by atoms with Crippen LogP contribution < -0.4 is 16.0 Å². The molecule has 1 heterocycles. The highest BCUT2D eigenvalue weighted by Crippen LogP contribution is 2.39. The van der Waals surface area contributed by atoms with E-state index in [1.54, 1.807) is 11.9 Å². The van der Waals surface area contributed by atoms with Crippen molar-refractivity contribution in [3.63, 3.8) is 0 Å². The van der Waals surface area contributed by atoms with Crippen LogP contribution in [0.4, 0.5) is 0 Å². The molecule has 0 bridgehead atoms. The quantitative estimate of drug-likeness (QED) is 0.254. The average Bonchev–Trinajstić information content (AvgIpc) is 3.30. The highest BCUT2D eigenvalue weighted by molar-refractivity contribution is 14.0. The second-order valence-corrected chi connectivity index (χ2v) is 9.64. The van der Waals surface area contributed by atoms with E-state index >= 15 is 0 Å². The Morgan fingerprint density at radius 3 is 2.24 bits per heavy atom. The first-order valence-corrected chi connectivity index (χ1v) is 12.0. The molecule has 0 spiro atoms. The molecule has 3 rings (SSSR count).